The Labute approximate surface area is 120 Å². The number of benzene rings is 1. The maximum absolute atomic E-state index is 5.92. The molecular weight excluding hydrogens is 250 g/mol. The fourth-order valence-electron chi connectivity index (χ4n) is 2.93. The number of rotatable bonds is 5. The lowest BCUT2D eigenvalue weighted by Gasteiger charge is -2.28. The van der Waals surface area contributed by atoms with Crippen LogP contribution in [-0.4, -0.2) is 31.2 Å². The van der Waals surface area contributed by atoms with Crippen molar-refractivity contribution < 1.29 is 9.15 Å². The summed E-state index contributed by atoms with van der Waals surface area (Å²) in [6, 6.07) is 10.4. The Balaban J connectivity index is 1.64. The highest BCUT2D eigenvalue weighted by Gasteiger charge is 2.17. The van der Waals surface area contributed by atoms with Gasteiger partial charge < -0.3 is 9.15 Å². The second-order valence-electron chi connectivity index (χ2n) is 5.63. The van der Waals surface area contributed by atoms with Crippen LogP contribution in [0.4, 0.5) is 0 Å². The molecule has 0 spiro atoms. The largest absolute Gasteiger partial charge is 0.460 e. The SMILES string of the molecule is CCN(Cc1cc2ccccc2o1)CC1CCOCC1. The Hall–Kier alpha value is -1.32. The summed E-state index contributed by atoms with van der Waals surface area (Å²) in [6.07, 6.45) is 2.38. The number of hydrogen-bond donors (Lipinski definition) is 0. The summed E-state index contributed by atoms with van der Waals surface area (Å²) in [7, 11) is 0. The van der Waals surface area contributed by atoms with Crippen LogP contribution >= 0.6 is 0 Å². The van der Waals surface area contributed by atoms with Crippen LogP contribution in [0.1, 0.15) is 25.5 Å². The van der Waals surface area contributed by atoms with Crippen molar-refractivity contribution in [3.8, 4) is 0 Å². The van der Waals surface area contributed by atoms with Gasteiger partial charge in [0.2, 0.25) is 0 Å². The molecule has 0 bridgehead atoms. The summed E-state index contributed by atoms with van der Waals surface area (Å²) >= 11 is 0. The van der Waals surface area contributed by atoms with Crippen molar-refractivity contribution in [1.82, 2.24) is 4.90 Å². The second kappa shape index (κ2) is 6.42. The van der Waals surface area contributed by atoms with Gasteiger partial charge in [-0.15, -0.1) is 0 Å². The third-order valence-corrected chi connectivity index (χ3v) is 4.16. The topological polar surface area (TPSA) is 25.6 Å². The normalized spacial score (nSPS) is 17.1. The van der Waals surface area contributed by atoms with Crippen LogP contribution in [0.2, 0.25) is 0 Å². The summed E-state index contributed by atoms with van der Waals surface area (Å²) in [5, 5.41) is 1.20. The minimum absolute atomic E-state index is 0.771. The highest BCUT2D eigenvalue weighted by atomic mass is 16.5. The van der Waals surface area contributed by atoms with E-state index in [-0.39, 0.29) is 0 Å². The van der Waals surface area contributed by atoms with E-state index in [1.54, 1.807) is 0 Å². The number of para-hydroxylation sites is 1. The van der Waals surface area contributed by atoms with E-state index in [2.05, 4.69) is 30.0 Å². The molecular formula is C17H23NO2. The maximum atomic E-state index is 5.92. The van der Waals surface area contributed by atoms with E-state index >= 15 is 0 Å². The Morgan fingerprint density at radius 3 is 2.75 bits per heavy atom. The first-order valence-electron chi connectivity index (χ1n) is 7.62. The van der Waals surface area contributed by atoms with Crippen LogP contribution < -0.4 is 0 Å². The average molecular weight is 273 g/mol. The van der Waals surface area contributed by atoms with Crippen LogP contribution in [0.15, 0.2) is 34.7 Å². The molecule has 0 N–H and O–H groups in total. The number of furan rings is 1. The summed E-state index contributed by atoms with van der Waals surface area (Å²) in [6.45, 7) is 7.19. The van der Waals surface area contributed by atoms with Gasteiger partial charge in [0, 0.05) is 25.1 Å². The van der Waals surface area contributed by atoms with Crippen LogP contribution in [0.5, 0.6) is 0 Å². The molecule has 1 aromatic heterocycles. The molecule has 2 heterocycles. The predicted molar refractivity (Wildman–Crippen MR) is 80.7 cm³/mol. The van der Waals surface area contributed by atoms with Gasteiger partial charge in [-0.3, -0.25) is 4.90 Å². The van der Waals surface area contributed by atoms with Crippen molar-refractivity contribution >= 4 is 11.0 Å². The van der Waals surface area contributed by atoms with Gasteiger partial charge in [0.15, 0.2) is 0 Å². The van der Waals surface area contributed by atoms with Gasteiger partial charge in [0.1, 0.15) is 11.3 Å². The molecule has 1 fully saturated rings. The molecule has 1 saturated heterocycles. The molecule has 1 aromatic carbocycles. The molecule has 20 heavy (non-hydrogen) atoms. The summed E-state index contributed by atoms with van der Waals surface area (Å²) in [4.78, 5) is 2.48. The molecule has 0 saturated carbocycles. The smallest absolute Gasteiger partial charge is 0.134 e. The van der Waals surface area contributed by atoms with Crippen LogP contribution in [0.3, 0.4) is 0 Å². The standard InChI is InChI=1S/C17H23NO2/c1-2-18(12-14-7-9-19-10-8-14)13-16-11-15-5-3-4-6-17(15)20-16/h3-6,11,14H,2,7-10,12-13H2,1H3. The first kappa shape index (κ1) is 13.7. The lowest BCUT2D eigenvalue weighted by Crippen LogP contribution is -2.31. The van der Waals surface area contributed by atoms with Crippen molar-refractivity contribution in [3.63, 3.8) is 0 Å². The fraction of sp³-hybridized carbons (Fsp3) is 0.529. The highest BCUT2D eigenvalue weighted by Crippen LogP contribution is 2.22. The lowest BCUT2D eigenvalue weighted by molar-refractivity contribution is 0.0513. The van der Waals surface area contributed by atoms with Gasteiger partial charge in [-0.25, -0.2) is 0 Å². The molecule has 0 unspecified atom stereocenters. The third-order valence-electron chi connectivity index (χ3n) is 4.16. The minimum Gasteiger partial charge on any atom is -0.460 e. The molecule has 3 rings (SSSR count). The lowest BCUT2D eigenvalue weighted by atomic mass is 9.99. The van der Waals surface area contributed by atoms with Crippen molar-refractivity contribution in [1.29, 1.82) is 0 Å². The van der Waals surface area contributed by atoms with Crippen molar-refractivity contribution in [2.45, 2.75) is 26.3 Å². The molecule has 3 nitrogen and oxygen atoms in total. The van der Waals surface area contributed by atoms with Crippen molar-refractivity contribution in [2.75, 3.05) is 26.3 Å². The zero-order valence-electron chi connectivity index (χ0n) is 12.2. The Kier molecular flexibility index (Phi) is 4.38. The number of ether oxygens (including phenoxy) is 1. The molecule has 1 aliphatic rings. The Morgan fingerprint density at radius 1 is 1.20 bits per heavy atom. The first-order valence-corrected chi connectivity index (χ1v) is 7.62. The van der Waals surface area contributed by atoms with Gasteiger partial charge in [-0.2, -0.15) is 0 Å². The van der Waals surface area contributed by atoms with Gasteiger partial charge in [0.25, 0.3) is 0 Å². The third kappa shape index (κ3) is 3.22. The molecule has 0 atom stereocenters. The van der Waals surface area contributed by atoms with Gasteiger partial charge in [-0.05, 0) is 37.4 Å². The zero-order valence-corrected chi connectivity index (χ0v) is 12.2. The summed E-state index contributed by atoms with van der Waals surface area (Å²) in [5.41, 5.74) is 0.990. The Bertz CT molecular complexity index is 510. The van der Waals surface area contributed by atoms with Crippen LogP contribution in [0.25, 0.3) is 11.0 Å². The van der Waals surface area contributed by atoms with E-state index in [0.29, 0.717) is 0 Å². The maximum Gasteiger partial charge on any atom is 0.134 e. The van der Waals surface area contributed by atoms with E-state index in [9.17, 15) is 0 Å². The molecule has 0 aliphatic carbocycles. The van der Waals surface area contributed by atoms with E-state index in [4.69, 9.17) is 9.15 Å². The second-order valence-corrected chi connectivity index (χ2v) is 5.63. The van der Waals surface area contributed by atoms with Gasteiger partial charge in [0.05, 0.1) is 6.54 Å². The quantitative estimate of drug-likeness (QED) is 0.831. The van der Waals surface area contributed by atoms with E-state index in [1.807, 2.05) is 12.1 Å². The first-order chi connectivity index (χ1) is 9.85. The minimum atomic E-state index is 0.771. The number of fused-ring (bicyclic) bond motifs is 1. The summed E-state index contributed by atoms with van der Waals surface area (Å²) in [5.74, 6) is 1.84. The molecule has 0 amide bonds. The molecule has 1 aliphatic heterocycles. The van der Waals surface area contributed by atoms with Crippen molar-refractivity contribution in [2.24, 2.45) is 5.92 Å². The highest BCUT2D eigenvalue weighted by molar-refractivity contribution is 5.77. The number of hydrogen-bond acceptors (Lipinski definition) is 3. The zero-order chi connectivity index (χ0) is 13.8. The fourth-order valence-corrected chi connectivity index (χ4v) is 2.93. The predicted octanol–water partition coefficient (Wildman–Crippen LogP) is 3.68. The van der Waals surface area contributed by atoms with E-state index in [1.165, 1.54) is 18.2 Å². The van der Waals surface area contributed by atoms with E-state index in [0.717, 1.165) is 50.1 Å². The molecule has 2 aromatic rings. The average Bonchev–Trinajstić information content (AvgIpc) is 2.90. The van der Waals surface area contributed by atoms with Crippen LogP contribution in [0, 0.1) is 5.92 Å². The molecule has 0 radical (unpaired) electrons. The van der Waals surface area contributed by atoms with Gasteiger partial charge in [-0.1, -0.05) is 25.1 Å². The number of nitrogens with zero attached hydrogens (tertiary/aromatic N) is 1. The van der Waals surface area contributed by atoms with Crippen molar-refractivity contribution in [3.05, 3.63) is 36.1 Å². The molecule has 3 heteroatoms. The Morgan fingerprint density at radius 2 is 2.00 bits per heavy atom. The van der Waals surface area contributed by atoms with E-state index < -0.39 is 0 Å². The van der Waals surface area contributed by atoms with Gasteiger partial charge >= 0.3 is 0 Å². The van der Waals surface area contributed by atoms with Crippen LogP contribution in [-0.2, 0) is 11.3 Å². The summed E-state index contributed by atoms with van der Waals surface area (Å²) < 4.78 is 11.4. The molecule has 108 valence electrons. The monoisotopic (exact) mass is 273 g/mol.